The first kappa shape index (κ1) is 21.5. The fourth-order valence-electron chi connectivity index (χ4n) is 2.11. The zero-order valence-corrected chi connectivity index (χ0v) is 19.5. The molecule has 0 aromatic carbocycles. The molecule has 0 fully saturated rings. The van der Waals surface area contributed by atoms with Crippen LogP contribution < -0.4 is 0 Å². The molecule has 1 aliphatic heterocycles. The number of rotatable bonds is 2. The van der Waals surface area contributed by atoms with Gasteiger partial charge in [-0.15, -0.1) is 22.4 Å². The molecule has 4 heterocycles. The van der Waals surface area contributed by atoms with Crippen LogP contribution in [0, 0.1) is 19.9 Å². The molecular weight excluding hydrogens is 555 g/mol. The van der Waals surface area contributed by atoms with Gasteiger partial charge in [-0.1, -0.05) is 24.4 Å². The topological polar surface area (TPSA) is 49.1 Å². The van der Waals surface area contributed by atoms with Crippen molar-refractivity contribution in [2.24, 2.45) is 0 Å². The van der Waals surface area contributed by atoms with Gasteiger partial charge >= 0.3 is 0 Å². The van der Waals surface area contributed by atoms with Crippen LogP contribution in [0.15, 0.2) is 52.5 Å². The van der Waals surface area contributed by atoms with Gasteiger partial charge in [0.1, 0.15) is 5.01 Å². The summed E-state index contributed by atoms with van der Waals surface area (Å²) in [6, 6.07) is 8.99. The summed E-state index contributed by atoms with van der Waals surface area (Å²) in [5, 5.41) is 9.22. The Morgan fingerprint density at radius 2 is 2.00 bits per heavy atom. The maximum atomic E-state index is 5.47. The van der Waals surface area contributed by atoms with Crippen LogP contribution in [-0.2, 0) is 24.8 Å². The summed E-state index contributed by atoms with van der Waals surface area (Å²) in [7, 11) is 0. The van der Waals surface area contributed by atoms with Crippen molar-refractivity contribution in [1.82, 2.24) is 9.97 Å². The van der Waals surface area contributed by atoms with E-state index in [9.17, 15) is 0 Å². The van der Waals surface area contributed by atoms with Crippen LogP contribution in [0.25, 0.3) is 22.7 Å². The van der Waals surface area contributed by atoms with Crippen molar-refractivity contribution in [3.8, 4) is 11.3 Å². The van der Waals surface area contributed by atoms with Crippen LogP contribution in [0.5, 0.6) is 0 Å². The van der Waals surface area contributed by atoms with Gasteiger partial charge in [-0.05, 0) is 38.6 Å². The van der Waals surface area contributed by atoms with E-state index in [0.717, 1.165) is 33.4 Å². The molecule has 0 saturated carbocycles. The summed E-state index contributed by atoms with van der Waals surface area (Å²) >= 11 is 3.30. The van der Waals surface area contributed by atoms with E-state index in [1.165, 1.54) is 4.88 Å². The molecule has 3 aromatic rings. The Labute approximate surface area is 181 Å². The standard InChI is InChI=1S/C11H13N2OS.C9H6NS.Ir/c1-6-8(3)14-10(12-6)5-11-13-7(2)9(4)15-11;1-2-5-10-9(3-1)8-4-6-11-7-8;/h5H,1-4H3;1-3,5-7H;/q2*-1;/b10-5+;;. The molecule has 3 aromatic heterocycles. The number of nitrogens with zero attached hydrogens (tertiary/aromatic N) is 3. The predicted octanol–water partition coefficient (Wildman–Crippen LogP) is 6.32. The third-order valence-corrected chi connectivity index (χ3v) is 5.39. The molecule has 0 unspecified atom stereocenters. The van der Waals surface area contributed by atoms with Crippen LogP contribution in [0.1, 0.15) is 29.4 Å². The van der Waals surface area contributed by atoms with Gasteiger partial charge in [0.25, 0.3) is 0 Å². The summed E-state index contributed by atoms with van der Waals surface area (Å²) in [4.78, 5) is 9.84. The molecule has 27 heavy (non-hydrogen) atoms. The summed E-state index contributed by atoms with van der Waals surface area (Å²) in [6.45, 7) is 7.93. The summed E-state index contributed by atoms with van der Waals surface area (Å²) in [6.07, 6.45) is 3.67. The zero-order valence-electron chi connectivity index (χ0n) is 15.4. The van der Waals surface area contributed by atoms with Crippen molar-refractivity contribution in [3.05, 3.63) is 79.5 Å². The molecule has 0 spiro atoms. The molecule has 0 bridgehead atoms. The summed E-state index contributed by atoms with van der Waals surface area (Å²) in [5.74, 6) is 1.50. The average Bonchev–Trinajstić information content (AvgIpc) is 3.33. The van der Waals surface area contributed by atoms with E-state index in [1.807, 2.05) is 55.8 Å². The fourth-order valence-corrected chi connectivity index (χ4v) is 3.55. The summed E-state index contributed by atoms with van der Waals surface area (Å²) < 4.78 is 5.47. The molecular formula is C20H19IrN3OS2-2. The second-order valence-corrected chi connectivity index (χ2v) is 7.65. The number of hydrogen-bond acceptors (Lipinski definition) is 5. The normalized spacial score (nSPS) is 14.1. The summed E-state index contributed by atoms with van der Waals surface area (Å²) in [5.41, 5.74) is 4.09. The van der Waals surface area contributed by atoms with E-state index in [0.29, 0.717) is 5.88 Å². The Bertz CT molecular complexity index is 896. The predicted molar refractivity (Wildman–Crippen MR) is 109 cm³/mol. The number of pyridine rings is 1. The molecule has 0 amide bonds. The largest absolute Gasteiger partial charge is 0.628 e. The van der Waals surface area contributed by atoms with Crippen molar-refractivity contribution in [1.29, 1.82) is 0 Å². The molecule has 143 valence electrons. The maximum Gasteiger partial charge on any atom is 0.118 e. The van der Waals surface area contributed by atoms with Gasteiger partial charge in [-0.2, -0.15) is 11.6 Å². The van der Waals surface area contributed by atoms with E-state index in [1.54, 1.807) is 28.9 Å². The molecule has 1 aliphatic rings. The minimum atomic E-state index is 0. The Morgan fingerprint density at radius 1 is 1.19 bits per heavy atom. The first-order valence-corrected chi connectivity index (χ1v) is 9.87. The second-order valence-electron chi connectivity index (χ2n) is 5.68. The Morgan fingerprint density at radius 3 is 2.52 bits per heavy atom. The first-order valence-electron chi connectivity index (χ1n) is 8.11. The minimum absolute atomic E-state index is 0. The molecule has 0 N–H and O–H groups in total. The van der Waals surface area contributed by atoms with Gasteiger partial charge in [0.15, 0.2) is 0 Å². The number of aromatic nitrogens is 2. The van der Waals surface area contributed by atoms with Crippen molar-refractivity contribution < 1.29 is 24.8 Å². The Hall–Kier alpha value is -1.79. The Balaban J connectivity index is 0.000000194. The molecule has 4 nitrogen and oxygen atoms in total. The van der Waals surface area contributed by atoms with Crippen molar-refractivity contribution in [3.63, 3.8) is 0 Å². The number of aryl methyl sites for hydroxylation is 2. The minimum Gasteiger partial charge on any atom is -0.628 e. The molecule has 4 rings (SSSR count). The third-order valence-electron chi connectivity index (χ3n) is 3.75. The van der Waals surface area contributed by atoms with Crippen LogP contribution in [-0.4, -0.2) is 9.97 Å². The zero-order chi connectivity index (χ0) is 18.5. The van der Waals surface area contributed by atoms with E-state index in [4.69, 9.17) is 4.74 Å². The van der Waals surface area contributed by atoms with Crippen LogP contribution in [0.4, 0.5) is 0 Å². The first-order chi connectivity index (χ1) is 12.5. The SMILES string of the molecule is CC1=C(C)O/C(=C/c2nc(C)c(C)s2)[N-]1.[Ir].[c-]1cscc1-c1ccccn1. The number of thiazole rings is 1. The van der Waals surface area contributed by atoms with Crippen LogP contribution in [0.2, 0.25) is 0 Å². The Kier molecular flexibility index (Phi) is 7.92. The molecule has 7 heteroatoms. The van der Waals surface area contributed by atoms with E-state index >= 15 is 0 Å². The third kappa shape index (κ3) is 5.84. The molecule has 0 atom stereocenters. The van der Waals surface area contributed by atoms with Gasteiger partial charge < -0.3 is 15.0 Å². The molecule has 0 aliphatic carbocycles. The average molecular weight is 574 g/mol. The number of thiophene rings is 1. The van der Waals surface area contributed by atoms with Gasteiger partial charge in [0, 0.05) is 37.1 Å². The smallest absolute Gasteiger partial charge is 0.118 e. The quantitative estimate of drug-likeness (QED) is 0.337. The van der Waals surface area contributed by atoms with Crippen molar-refractivity contribution >= 4 is 28.7 Å². The monoisotopic (exact) mass is 574 g/mol. The number of ether oxygens (including phenoxy) is 1. The number of hydrogen-bond donors (Lipinski definition) is 0. The maximum absolute atomic E-state index is 5.47. The van der Waals surface area contributed by atoms with Crippen molar-refractivity contribution in [2.45, 2.75) is 27.7 Å². The molecule has 0 saturated heterocycles. The second kappa shape index (κ2) is 9.95. The van der Waals surface area contributed by atoms with Crippen LogP contribution >= 0.6 is 22.7 Å². The van der Waals surface area contributed by atoms with Crippen molar-refractivity contribution in [2.75, 3.05) is 0 Å². The van der Waals surface area contributed by atoms with E-state index in [2.05, 4.69) is 28.3 Å². The van der Waals surface area contributed by atoms with Gasteiger partial charge in [-0.3, -0.25) is 0 Å². The van der Waals surface area contributed by atoms with Crippen LogP contribution in [0.3, 0.4) is 0 Å². The van der Waals surface area contributed by atoms with Gasteiger partial charge in [0.2, 0.25) is 0 Å². The van der Waals surface area contributed by atoms with Gasteiger partial charge in [0.05, 0.1) is 11.5 Å². The fraction of sp³-hybridized carbons (Fsp3) is 0.200. The number of allylic oxidation sites excluding steroid dienone is 2. The van der Waals surface area contributed by atoms with E-state index < -0.39 is 0 Å². The van der Waals surface area contributed by atoms with E-state index in [-0.39, 0.29) is 20.1 Å². The van der Waals surface area contributed by atoms with Gasteiger partial charge in [-0.25, -0.2) is 16.3 Å². The molecule has 1 radical (unpaired) electrons.